The Balaban J connectivity index is 1.66. The first-order chi connectivity index (χ1) is 10.6. The molecule has 5 nitrogen and oxygen atoms in total. The van der Waals surface area contributed by atoms with Crippen LogP contribution in [-0.4, -0.2) is 29.2 Å². The smallest absolute Gasteiger partial charge is 0.244 e. The van der Waals surface area contributed by atoms with Gasteiger partial charge in [-0.25, -0.2) is 0 Å². The molecule has 0 bridgehead atoms. The van der Waals surface area contributed by atoms with Crippen molar-refractivity contribution in [3.05, 3.63) is 29.3 Å². The number of fused-ring (bicyclic) bond motifs is 1. The van der Waals surface area contributed by atoms with Gasteiger partial charge in [0, 0.05) is 10.7 Å². The Bertz CT molecular complexity index is 608. The van der Waals surface area contributed by atoms with Crippen molar-refractivity contribution in [3.8, 4) is 0 Å². The van der Waals surface area contributed by atoms with Gasteiger partial charge in [0.15, 0.2) is 0 Å². The molecule has 0 radical (unpaired) electrons. The number of anilines is 1. The summed E-state index contributed by atoms with van der Waals surface area (Å²) in [4.78, 5) is 37.8. The topological polar surface area (TPSA) is 66.5 Å². The van der Waals surface area contributed by atoms with E-state index < -0.39 is 0 Å². The molecule has 6 heteroatoms. The predicted molar refractivity (Wildman–Crippen MR) is 82.2 cm³/mol. The van der Waals surface area contributed by atoms with E-state index in [0.29, 0.717) is 10.7 Å². The fraction of sp³-hybridized carbons (Fsp3) is 0.438. The van der Waals surface area contributed by atoms with Crippen LogP contribution in [0, 0.1) is 11.8 Å². The van der Waals surface area contributed by atoms with Gasteiger partial charge in [-0.15, -0.1) is 0 Å². The third kappa shape index (κ3) is 2.86. The number of halogens is 1. The minimum Gasteiger partial charge on any atom is -0.324 e. The van der Waals surface area contributed by atoms with Crippen LogP contribution < -0.4 is 5.32 Å². The van der Waals surface area contributed by atoms with Crippen molar-refractivity contribution >= 4 is 35.0 Å². The highest BCUT2D eigenvalue weighted by Gasteiger charge is 2.48. The van der Waals surface area contributed by atoms with Gasteiger partial charge in [-0.1, -0.05) is 30.5 Å². The van der Waals surface area contributed by atoms with E-state index in [4.69, 9.17) is 11.6 Å². The molecule has 3 rings (SSSR count). The lowest BCUT2D eigenvalue weighted by Crippen LogP contribution is -2.38. The first kappa shape index (κ1) is 15.0. The average molecular weight is 321 g/mol. The Morgan fingerprint density at radius 3 is 2.41 bits per heavy atom. The van der Waals surface area contributed by atoms with Crippen molar-refractivity contribution in [1.82, 2.24) is 4.90 Å². The number of nitrogens with one attached hydrogen (secondary N) is 1. The van der Waals surface area contributed by atoms with Gasteiger partial charge in [0.05, 0.1) is 11.8 Å². The summed E-state index contributed by atoms with van der Waals surface area (Å²) in [6.45, 7) is -0.225. The van der Waals surface area contributed by atoms with Crippen LogP contribution in [-0.2, 0) is 14.4 Å². The molecular weight excluding hydrogens is 304 g/mol. The summed E-state index contributed by atoms with van der Waals surface area (Å²) in [5, 5.41) is 3.17. The van der Waals surface area contributed by atoms with Crippen LogP contribution in [0.4, 0.5) is 5.69 Å². The van der Waals surface area contributed by atoms with Crippen molar-refractivity contribution in [2.24, 2.45) is 11.8 Å². The van der Waals surface area contributed by atoms with E-state index in [1.807, 2.05) is 0 Å². The number of hydrogen-bond donors (Lipinski definition) is 1. The molecule has 1 aromatic carbocycles. The van der Waals surface area contributed by atoms with E-state index in [1.54, 1.807) is 24.3 Å². The number of carbonyl (C=O) groups excluding carboxylic acids is 3. The van der Waals surface area contributed by atoms with E-state index in [0.717, 1.165) is 30.6 Å². The third-order valence-corrected chi connectivity index (χ3v) is 4.58. The molecule has 2 atom stereocenters. The SMILES string of the molecule is O=C(CN1C(=O)[C@H]2CCCC[C@H]2C1=O)Nc1cccc(Cl)c1. The molecule has 3 amide bonds. The highest BCUT2D eigenvalue weighted by atomic mass is 35.5. The zero-order valence-corrected chi connectivity index (χ0v) is 12.8. The second-order valence-corrected chi connectivity index (χ2v) is 6.26. The molecule has 0 spiro atoms. The zero-order valence-electron chi connectivity index (χ0n) is 12.0. The van der Waals surface area contributed by atoms with Crippen LogP contribution in [0.3, 0.4) is 0 Å². The van der Waals surface area contributed by atoms with Crippen molar-refractivity contribution in [1.29, 1.82) is 0 Å². The van der Waals surface area contributed by atoms with Crippen LogP contribution in [0.15, 0.2) is 24.3 Å². The van der Waals surface area contributed by atoms with Crippen LogP contribution >= 0.6 is 11.6 Å². The quantitative estimate of drug-likeness (QED) is 0.870. The summed E-state index contributed by atoms with van der Waals surface area (Å²) >= 11 is 5.86. The van der Waals surface area contributed by atoms with Gasteiger partial charge >= 0.3 is 0 Å². The lowest BCUT2D eigenvalue weighted by atomic mass is 9.81. The first-order valence-electron chi connectivity index (χ1n) is 7.47. The molecule has 22 heavy (non-hydrogen) atoms. The fourth-order valence-corrected chi connectivity index (χ4v) is 3.49. The second-order valence-electron chi connectivity index (χ2n) is 5.82. The summed E-state index contributed by atoms with van der Waals surface area (Å²) in [6, 6.07) is 6.75. The predicted octanol–water partition coefficient (Wildman–Crippen LogP) is 2.45. The van der Waals surface area contributed by atoms with Gasteiger partial charge < -0.3 is 5.32 Å². The number of imide groups is 1. The largest absolute Gasteiger partial charge is 0.324 e. The summed E-state index contributed by atoms with van der Waals surface area (Å²) < 4.78 is 0. The van der Waals surface area contributed by atoms with Crippen molar-refractivity contribution in [2.75, 3.05) is 11.9 Å². The van der Waals surface area contributed by atoms with E-state index in [-0.39, 0.29) is 36.1 Å². The van der Waals surface area contributed by atoms with Crippen molar-refractivity contribution in [2.45, 2.75) is 25.7 Å². The van der Waals surface area contributed by atoms with Gasteiger partial charge in [-0.3, -0.25) is 19.3 Å². The van der Waals surface area contributed by atoms with E-state index >= 15 is 0 Å². The van der Waals surface area contributed by atoms with Gasteiger partial charge in [0.25, 0.3) is 0 Å². The molecule has 1 heterocycles. The number of carbonyl (C=O) groups is 3. The average Bonchev–Trinajstić information content (AvgIpc) is 2.73. The molecule has 1 aromatic rings. The normalized spacial score (nSPS) is 24.3. The van der Waals surface area contributed by atoms with Crippen LogP contribution in [0.25, 0.3) is 0 Å². The molecule has 0 unspecified atom stereocenters. The van der Waals surface area contributed by atoms with Crippen molar-refractivity contribution in [3.63, 3.8) is 0 Å². The number of hydrogen-bond acceptors (Lipinski definition) is 3. The van der Waals surface area contributed by atoms with E-state index in [2.05, 4.69) is 5.32 Å². The zero-order chi connectivity index (χ0) is 15.7. The highest BCUT2D eigenvalue weighted by Crippen LogP contribution is 2.37. The Morgan fingerprint density at radius 1 is 1.18 bits per heavy atom. The Kier molecular flexibility index (Phi) is 4.16. The number of benzene rings is 1. The summed E-state index contributed by atoms with van der Waals surface area (Å²) in [6.07, 6.45) is 3.45. The molecule has 1 N–H and O–H groups in total. The first-order valence-corrected chi connectivity index (χ1v) is 7.84. The maximum absolute atomic E-state index is 12.3. The fourth-order valence-electron chi connectivity index (χ4n) is 3.30. The monoisotopic (exact) mass is 320 g/mol. The molecule has 116 valence electrons. The minimum absolute atomic E-state index is 0.198. The van der Waals surface area contributed by atoms with Gasteiger partial charge in [-0.2, -0.15) is 0 Å². The van der Waals surface area contributed by atoms with Crippen molar-refractivity contribution < 1.29 is 14.4 Å². The Morgan fingerprint density at radius 2 is 1.82 bits per heavy atom. The maximum Gasteiger partial charge on any atom is 0.244 e. The lowest BCUT2D eigenvalue weighted by molar-refractivity contribution is -0.142. The van der Waals surface area contributed by atoms with Gasteiger partial charge in [-0.05, 0) is 31.0 Å². The summed E-state index contributed by atoms with van der Waals surface area (Å²) in [5.74, 6) is -1.23. The summed E-state index contributed by atoms with van der Waals surface area (Å²) in [5.41, 5.74) is 0.550. The molecule has 0 aromatic heterocycles. The number of likely N-dealkylation sites (tertiary alicyclic amines) is 1. The lowest BCUT2D eigenvalue weighted by Gasteiger charge is -2.19. The minimum atomic E-state index is -0.386. The number of nitrogens with zero attached hydrogens (tertiary/aromatic N) is 1. The molecule has 1 saturated heterocycles. The third-order valence-electron chi connectivity index (χ3n) is 4.34. The van der Waals surface area contributed by atoms with Crippen LogP contribution in [0.5, 0.6) is 0 Å². The Labute approximate surface area is 133 Å². The molecule has 1 saturated carbocycles. The summed E-state index contributed by atoms with van der Waals surface area (Å²) in [7, 11) is 0. The number of amides is 3. The standard InChI is InChI=1S/C16H17ClN2O3/c17-10-4-3-5-11(8-10)18-14(20)9-19-15(21)12-6-1-2-7-13(12)16(19)22/h3-5,8,12-13H,1-2,6-7,9H2,(H,18,20)/t12-,13+. The Hall–Kier alpha value is -1.88. The van der Waals surface area contributed by atoms with Crippen LogP contribution in [0.2, 0.25) is 5.02 Å². The molecule has 2 aliphatic rings. The second kappa shape index (κ2) is 6.08. The maximum atomic E-state index is 12.3. The molecule has 1 aliphatic carbocycles. The molecule has 1 aliphatic heterocycles. The number of rotatable bonds is 3. The molecule has 2 fully saturated rings. The van der Waals surface area contributed by atoms with E-state index in [1.165, 1.54) is 0 Å². The highest BCUT2D eigenvalue weighted by molar-refractivity contribution is 6.30. The van der Waals surface area contributed by atoms with E-state index in [9.17, 15) is 14.4 Å². The van der Waals surface area contributed by atoms with Gasteiger partial charge in [0.1, 0.15) is 6.54 Å². The molecular formula is C16H17ClN2O3. The van der Waals surface area contributed by atoms with Crippen LogP contribution in [0.1, 0.15) is 25.7 Å². The van der Waals surface area contributed by atoms with Gasteiger partial charge in [0.2, 0.25) is 17.7 Å².